The molecule has 0 bridgehead atoms. The van der Waals surface area contributed by atoms with Gasteiger partial charge < -0.3 is 11.1 Å². The van der Waals surface area contributed by atoms with Crippen molar-refractivity contribution in [3.63, 3.8) is 0 Å². The van der Waals surface area contributed by atoms with Gasteiger partial charge in [0, 0.05) is 24.9 Å². The summed E-state index contributed by atoms with van der Waals surface area (Å²) < 4.78 is 14.1. The van der Waals surface area contributed by atoms with Crippen LogP contribution >= 0.6 is 0 Å². The van der Waals surface area contributed by atoms with Gasteiger partial charge in [-0.15, -0.1) is 0 Å². The Bertz CT molecular complexity index is 677. The number of nitrogens with zero attached hydrogens (tertiary/aromatic N) is 2. The summed E-state index contributed by atoms with van der Waals surface area (Å²) >= 11 is 0. The molecule has 1 heterocycles. The Morgan fingerprint density at radius 2 is 2.05 bits per heavy atom. The average Bonchev–Trinajstić information content (AvgIpc) is 2.56. The van der Waals surface area contributed by atoms with E-state index < -0.39 is 5.67 Å². The lowest BCUT2D eigenvalue weighted by Gasteiger charge is -2.32. The number of amides is 1. The zero-order valence-corrected chi connectivity index (χ0v) is 12.3. The molecule has 0 saturated heterocycles. The Hall–Kier alpha value is -2.08. The van der Waals surface area contributed by atoms with Crippen LogP contribution in [0.15, 0.2) is 30.6 Å². The highest BCUT2D eigenvalue weighted by Gasteiger charge is 2.36. The van der Waals surface area contributed by atoms with Crippen LogP contribution in [0.2, 0.25) is 0 Å². The van der Waals surface area contributed by atoms with E-state index in [1.165, 1.54) is 0 Å². The number of aromatic nitrogens is 2. The summed E-state index contributed by atoms with van der Waals surface area (Å²) in [5, 5.41) is 2.90. The van der Waals surface area contributed by atoms with Crippen molar-refractivity contribution in [3.8, 4) is 0 Å². The van der Waals surface area contributed by atoms with Crippen LogP contribution in [0, 0.1) is 5.92 Å². The number of carbonyl (C=O) groups is 1. The van der Waals surface area contributed by atoms with E-state index in [-0.39, 0.29) is 18.4 Å². The number of para-hydroxylation sites is 1. The lowest BCUT2D eigenvalue weighted by atomic mass is 9.79. The van der Waals surface area contributed by atoms with Crippen LogP contribution in [0.4, 0.5) is 10.1 Å². The van der Waals surface area contributed by atoms with Crippen LogP contribution in [0.3, 0.4) is 0 Å². The number of halogens is 1. The number of hydrogen-bond acceptors (Lipinski definition) is 4. The number of fused-ring (bicyclic) bond motifs is 1. The summed E-state index contributed by atoms with van der Waals surface area (Å²) in [7, 11) is 0. The molecule has 22 heavy (non-hydrogen) atoms. The first kappa shape index (κ1) is 14.8. The molecule has 1 aliphatic carbocycles. The first-order valence-electron chi connectivity index (χ1n) is 7.51. The monoisotopic (exact) mass is 302 g/mol. The maximum Gasteiger partial charge on any atom is 0.227 e. The molecule has 5 nitrogen and oxygen atoms in total. The number of alkyl halides is 1. The molecule has 0 atom stereocenters. The predicted molar refractivity (Wildman–Crippen MR) is 83.0 cm³/mol. The van der Waals surface area contributed by atoms with Gasteiger partial charge in [0.1, 0.15) is 11.2 Å². The molecule has 1 amide bonds. The van der Waals surface area contributed by atoms with Gasteiger partial charge in [0.2, 0.25) is 5.91 Å². The first-order valence-corrected chi connectivity index (χ1v) is 7.51. The van der Waals surface area contributed by atoms with Gasteiger partial charge in [-0.1, -0.05) is 6.07 Å². The molecule has 1 aliphatic rings. The van der Waals surface area contributed by atoms with Gasteiger partial charge in [0.25, 0.3) is 0 Å². The molecule has 2 aromatic rings. The number of rotatable bonds is 3. The van der Waals surface area contributed by atoms with Crippen LogP contribution in [0.5, 0.6) is 0 Å². The number of nitrogens with two attached hydrogens (primary N) is 1. The molecule has 3 rings (SSSR count). The number of carbonyl (C=O) groups excluding carboxylic acids is 1. The molecule has 1 saturated carbocycles. The third kappa shape index (κ3) is 2.92. The smallest absolute Gasteiger partial charge is 0.227 e. The van der Waals surface area contributed by atoms with Crippen LogP contribution in [-0.4, -0.2) is 28.1 Å². The third-order valence-corrected chi connectivity index (χ3v) is 4.37. The molecular weight excluding hydrogens is 283 g/mol. The third-order valence-electron chi connectivity index (χ3n) is 4.37. The van der Waals surface area contributed by atoms with E-state index in [1.807, 2.05) is 12.1 Å². The van der Waals surface area contributed by atoms with E-state index in [4.69, 9.17) is 5.73 Å². The molecule has 1 aromatic carbocycles. The number of nitrogens with one attached hydrogen (secondary N) is 1. The van der Waals surface area contributed by atoms with Gasteiger partial charge in [-0.3, -0.25) is 14.8 Å². The second-order valence-electron chi connectivity index (χ2n) is 5.85. The van der Waals surface area contributed by atoms with Crippen LogP contribution in [-0.2, 0) is 4.79 Å². The van der Waals surface area contributed by atoms with E-state index in [0.717, 1.165) is 5.52 Å². The van der Waals surface area contributed by atoms with Crippen molar-refractivity contribution in [2.45, 2.75) is 31.4 Å². The summed E-state index contributed by atoms with van der Waals surface area (Å²) in [4.78, 5) is 20.9. The minimum absolute atomic E-state index is 0.0280. The zero-order valence-electron chi connectivity index (χ0n) is 12.3. The van der Waals surface area contributed by atoms with Crippen molar-refractivity contribution >= 4 is 22.6 Å². The van der Waals surface area contributed by atoms with E-state index >= 15 is 0 Å². The Morgan fingerprint density at radius 3 is 2.77 bits per heavy atom. The van der Waals surface area contributed by atoms with Gasteiger partial charge in [-0.2, -0.15) is 0 Å². The fraction of sp³-hybridized carbons (Fsp3) is 0.438. The van der Waals surface area contributed by atoms with Crippen molar-refractivity contribution in [1.29, 1.82) is 0 Å². The highest BCUT2D eigenvalue weighted by molar-refractivity contribution is 6.00. The van der Waals surface area contributed by atoms with Gasteiger partial charge >= 0.3 is 0 Å². The normalized spacial score (nSPS) is 25.1. The highest BCUT2D eigenvalue weighted by Crippen LogP contribution is 2.35. The predicted octanol–water partition coefficient (Wildman–Crippen LogP) is 2.43. The van der Waals surface area contributed by atoms with Crippen LogP contribution in [0.25, 0.3) is 11.0 Å². The summed E-state index contributed by atoms with van der Waals surface area (Å²) in [6.45, 7) is 0.0280. The minimum atomic E-state index is -1.30. The molecule has 3 N–H and O–H groups in total. The fourth-order valence-electron chi connectivity index (χ4n) is 2.93. The van der Waals surface area contributed by atoms with E-state index in [0.29, 0.717) is 36.9 Å². The quantitative estimate of drug-likeness (QED) is 0.912. The average molecular weight is 302 g/mol. The van der Waals surface area contributed by atoms with Gasteiger partial charge in [0.15, 0.2) is 0 Å². The van der Waals surface area contributed by atoms with Crippen LogP contribution in [0.1, 0.15) is 25.7 Å². The van der Waals surface area contributed by atoms with Gasteiger partial charge in [0.05, 0.1) is 11.2 Å². The molecule has 0 spiro atoms. The molecule has 0 unspecified atom stereocenters. The molecular formula is C16H19FN4O. The lowest BCUT2D eigenvalue weighted by molar-refractivity contribution is -0.121. The fourth-order valence-corrected chi connectivity index (χ4v) is 2.93. The van der Waals surface area contributed by atoms with Crippen molar-refractivity contribution in [3.05, 3.63) is 30.6 Å². The Kier molecular flexibility index (Phi) is 4.02. The summed E-state index contributed by atoms with van der Waals surface area (Å²) in [5.74, 6) is -0.264. The highest BCUT2D eigenvalue weighted by atomic mass is 19.1. The van der Waals surface area contributed by atoms with E-state index in [2.05, 4.69) is 15.3 Å². The van der Waals surface area contributed by atoms with Crippen LogP contribution < -0.4 is 11.1 Å². The van der Waals surface area contributed by atoms with E-state index in [1.54, 1.807) is 18.5 Å². The minimum Gasteiger partial charge on any atom is -0.328 e. The summed E-state index contributed by atoms with van der Waals surface area (Å²) in [6.07, 6.45) is 4.94. The van der Waals surface area contributed by atoms with Crippen molar-refractivity contribution in [1.82, 2.24) is 9.97 Å². The van der Waals surface area contributed by atoms with Gasteiger partial charge in [-0.05, 0) is 37.8 Å². The Labute approximate surface area is 128 Å². The second kappa shape index (κ2) is 5.96. The maximum absolute atomic E-state index is 14.1. The standard InChI is InChI=1S/C16H19FN4O/c17-16(10-18)6-4-11(5-7-16)15(22)21-13-3-1-2-12-14(13)20-9-8-19-12/h1-3,8-9,11H,4-7,10,18H2,(H,21,22). The Balaban J connectivity index is 1.72. The van der Waals surface area contributed by atoms with Crippen molar-refractivity contribution in [2.75, 3.05) is 11.9 Å². The molecule has 1 aromatic heterocycles. The SMILES string of the molecule is NCC1(F)CCC(C(=O)Nc2cccc3nccnc23)CC1. The number of benzene rings is 1. The summed E-state index contributed by atoms with van der Waals surface area (Å²) in [6, 6.07) is 5.48. The molecule has 116 valence electrons. The van der Waals surface area contributed by atoms with Crippen molar-refractivity contribution < 1.29 is 9.18 Å². The molecule has 0 aliphatic heterocycles. The second-order valence-corrected chi connectivity index (χ2v) is 5.85. The summed E-state index contributed by atoms with van der Waals surface area (Å²) in [5.41, 5.74) is 6.19. The van der Waals surface area contributed by atoms with Gasteiger partial charge in [-0.25, -0.2) is 4.39 Å². The number of hydrogen-bond donors (Lipinski definition) is 2. The molecule has 0 radical (unpaired) electrons. The first-order chi connectivity index (χ1) is 10.6. The topological polar surface area (TPSA) is 80.9 Å². The largest absolute Gasteiger partial charge is 0.328 e. The zero-order chi connectivity index (χ0) is 15.6. The number of anilines is 1. The molecule has 6 heteroatoms. The lowest BCUT2D eigenvalue weighted by Crippen LogP contribution is -2.39. The Morgan fingerprint density at radius 1 is 1.32 bits per heavy atom. The van der Waals surface area contributed by atoms with E-state index in [9.17, 15) is 9.18 Å². The maximum atomic E-state index is 14.1. The molecule has 1 fully saturated rings. The van der Waals surface area contributed by atoms with Crippen molar-refractivity contribution in [2.24, 2.45) is 11.7 Å².